The Kier molecular flexibility index (Phi) is 6.77. The SMILES string of the molecule is CC(=O)Nc1c(O)nc(SCC(=O)Nc2nc3ccccc3s2)[nH]c1=O.Cl. The topological polar surface area (TPSA) is 137 Å². The quantitative estimate of drug-likeness (QED) is 0.361. The second-order valence-corrected chi connectivity index (χ2v) is 7.07. The minimum absolute atomic E-state index is 0. The van der Waals surface area contributed by atoms with Gasteiger partial charge < -0.3 is 15.7 Å². The predicted octanol–water partition coefficient (Wildman–Crippen LogP) is 2.20. The van der Waals surface area contributed by atoms with Gasteiger partial charge in [0.15, 0.2) is 16.0 Å². The van der Waals surface area contributed by atoms with Crippen molar-refractivity contribution in [3.63, 3.8) is 0 Å². The number of aromatic hydroxyl groups is 1. The summed E-state index contributed by atoms with van der Waals surface area (Å²) in [6.45, 7) is 1.20. The van der Waals surface area contributed by atoms with E-state index >= 15 is 0 Å². The van der Waals surface area contributed by atoms with Gasteiger partial charge >= 0.3 is 0 Å². The Labute approximate surface area is 167 Å². The molecule has 0 spiro atoms. The summed E-state index contributed by atoms with van der Waals surface area (Å²) in [5, 5.41) is 15.1. The molecule has 27 heavy (non-hydrogen) atoms. The van der Waals surface area contributed by atoms with Gasteiger partial charge in [-0.1, -0.05) is 35.2 Å². The average molecular weight is 428 g/mol. The highest BCUT2D eigenvalue weighted by molar-refractivity contribution is 7.99. The number of aromatic amines is 1. The number of rotatable bonds is 5. The third kappa shape index (κ3) is 5.18. The molecular formula is C15H14ClN5O4S2. The molecule has 4 N–H and O–H groups in total. The lowest BCUT2D eigenvalue weighted by Crippen LogP contribution is -2.19. The zero-order chi connectivity index (χ0) is 18.7. The fourth-order valence-electron chi connectivity index (χ4n) is 2.01. The van der Waals surface area contributed by atoms with Crippen LogP contribution in [-0.2, 0) is 9.59 Å². The molecule has 2 heterocycles. The summed E-state index contributed by atoms with van der Waals surface area (Å²) in [5.41, 5.74) is -0.243. The van der Waals surface area contributed by atoms with E-state index in [2.05, 4.69) is 25.6 Å². The normalized spacial score (nSPS) is 10.3. The summed E-state index contributed by atoms with van der Waals surface area (Å²) in [7, 11) is 0. The lowest BCUT2D eigenvalue weighted by molar-refractivity contribution is -0.114. The number of amides is 2. The van der Waals surface area contributed by atoms with Crippen LogP contribution < -0.4 is 16.2 Å². The van der Waals surface area contributed by atoms with Crippen molar-refractivity contribution in [2.75, 3.05) is 16.4 Å². The molecule has 0 fully saturated rings. The molecule has 142 valence electrons. The maximum atomic E-state index is 12.0. The van der Waals surface area contributed by atoms with Crippen molar-refractivity contribution < 1.29 is 14.7 Å². The predicted molar refractivity (Wildman–Crippen MR) is 107 cm³/mol. The summed E-state index contributed by atoms with van der Waals surface area (Å²) in [5.74, 6) is -1.50. The Balaban J connectivity index is 0.00000261. The number of hydrogen-bond donors (Lipinski definition) is 4. The van der Waals surface area contributed by atoms with Crippen LogP contribution in [0.1, 0.15) is 6.92 Å². The number of nitrogens with zero attached hydrogens (tertiary/aromatic N) is 2. The van der Waals surface area contributed by atoms with Crippen molar-refractivity contribution in [2.24, 2.45) is 0 Å². The summed E-state index contributed by atoms with van der Waals surface area (Å²) in [6.07, 6.45) is 0. The number of anilines is 2. The van der Waals surface area contributed by atoms with Gasteiger partial charge in [0.1, 0.15) is 0 Å². The van der Waals surface area contributed by atoms with Gasteiger partial charge in [0.25, 0.3) is 5.56 Å². The number of halogens is 1. The molecule has 0 radical (unpaired) electrons. The largest absolute Gasteiger partial charge is 0.492 e. The lowest BCUT2D eigenvalue weighted by Gasteiger charge is -2.05. The number of thioether (sulfide) groups is 1. The summed E-state index contributed by atoms with van der Waals surface area (Å²) >= 11 is 2.29. The van der Waals surface area contributed by atoms with E-state index in [1.165, 1.54) is 18.3 Å². The van der Waals surface area contributed by atoms with E-state index in [9.17, 15) is 19.5 Å². The number of nitrogens with one attached hydrogen (secondary N) is 3. The van der Waals surface area contributed by atoms with Crippen molar-refractivity contribution in [1.82, 2.24) is 15.0 Å². The van der Waals surface area contributed by atoms with Crippen LogP contribution in [0.15, 0.2) is 34.2 Å². The summed E-state index contributed by atoms with van der Waals surface area (Å²) < 4.78 is 0.958. The minimum Gasteiger partial charge on any atom is -0.492 e. The molecule has 0 saturated heterocycles. The van der Waals surface area contributed by atoms with Gasteiger partial charge in [-0.2, -0.15) is 4.98 Å². The first kappa shape index (κ1) is 20.7. The van der Waals surface area contributed by atoms with E-state index in [0.717, 1.165) is 22.0 Å². The Morgan fingerprint density at radius 3 is 2.67 bits per heavy atom. The van der Waals surface area contributed by atoms with Crippen molar-refractivity contribution in [2.45, 2.75) is 12.1 Å². The van der Waals surface area contributed by atoms with Crippen LogP contribution in [0.5, 0.6) is 5.88 Å². The highest BCUT2D eigenvalue weighted by atomic mass is 35.5. The molecule has 1 aromatic carbocycles. The second-order valence-electron chi connectivity index (χ2n) is 5.07. The Hall–Kier alpha value is -2.63. The van der Waals surface area contributed by atoms with Crippen molar-refractivity contribution >= 4 is 68.4 Å². The molecule has 3 aromatic rings. The fraction of sp³-hybridized carbons (Fsp3) is 0.133. The smallest absolute Gasteiger partial charge is 0.279 e. The molecular weight excluding hydrogens is 414 g/mol. The number of benzene rings is 1. The fourth-order valence-corrected chi connectivity index (χ4v) is 3.55. The Morgan fingerprint density at radius 1 is 1.26 bits per heavy atom. The van der Waals surface area contributed by atoms with Gasteiger partial charge in [0.2, 0.25) is 17.7 Å². The number of thiazole rings is 1. The van der Waals surface area contributed by atoms with Crippen LogP contribution in [0.25, 0.3) is 10.2 Å². The van der Waals surface area contributed by atoms with E-state index in [1.54, 1.807) is 0 Å². The monoisotopic (exact) mass is 427 g/mol. The van der Waals surface area contributed by atoms with Gasteiger partial charge in [-0.3, -0.25) is 19.4 Å². The standard InChI is InChI=1S/C15H13N5O4S2.ClH/c1-7(21)16-11-12(23)19-14(20-13(11)24)25-6-10(22)18-15-17-8-4-2-3-5-9(8)26-15;/h2-5H,6H2,1H3,(H,16,21)(H,17,18,22)(H2,19,20,23,24);1H. The van der Waals surface area contributed by atoms with Crippen molar-refractivity contribution in [1.29, 1.82) is 0 Å². The second kappa shape index (κ2) is 8.84. The molecule has 0 bridgehead atoms. The van der Waals surface area contributed by atoms with Crippen LogP contribution in [0.2, 0.25) is 0 Å². The highest BCUT2D eigenvalue weighted by Crippen LogP contribution is 2.26. The number of hydrogen-bond acceptors (Lipinski definition) is 8. The molecule has 0 aliphatic carbocycles. The number of fused-ring (bicyclic) bond motifs is 1. The molecule has 0 aliphatic rings. The molecule has 9 nitrogen and oxygen atoms in total. The number of H-pyrrole nitrogens is 1. The number of aromatic nitrogens is 3. The van der Waals surface area contributed by atoms with E-state index in [4.69, 9.17) is 0 Å². The average Bonchev–Trinajstić information content (AvgIpc) is 2.98. The molecule has 0 atom stereocenters. The van der Waals surface area contributed by atoms with Gasteiger partial charge in [0.05, 0.1) is 16.0 Å². The van der Waals surface area contributed by atoms with Crippen LogP contribution >= 0.6 is 35.5 Å². The van der Waals surface area contributed by atoms with Gasteiger partial charge in [-0.25, -0.2) is 4.98 Å². The first-order chi connectivity index (χ1) is 12.4. The molecule has 12 heteroatoms. The third-order valence-electron chi connectivity index (χ3n) is 3.06. The molecule has 0 saturated carbocycles. The van der Waals surface area contributed by atoms with Crippen LogP contribution in [-0.4, -0.2) is 37.6 Å². The van der Waals surface area contributed by atoms with E-state index in [0.29, 0.717) is 5.13 Å². The summed E-state index contributed by atoms with van der Waals surface area (Å²) in [6, 6.07) is 7.51. The van der Waals surface area contributed by atoms with E-state index in [-0.39, 0.29) is 34.9 Å². The zero-order valence-corrected chi connectivity index (χ0v) is 16.3. The number of carbonyl (C=O) groups excluding carboxylic acids is 2. The third-order valence-corrected chi connectivity index (χ3v) is 4.88. The minimum atomic E-state index is -0.707. The molecule has 2 aromatic heterocycles. The van der Waals surface area contributed by atoms with Gasteiger partial charge in [-0.15, -0.1) is 12.4 Å². The lowest BCUT2D eigenvalue weighted by atomic mass is 10.3. The van der Waals surface area contributed by atoms with Crippen molar-refractivity contribution in [3.8, 4) is 5.88 Å². The molecule has 0 unspecified atom stereocenters. The van der Waals surface area contributed by atoms with Crippen LogP contribution in [0.4, 0.5) is 10.8 Å². The number of carbonyl (C=O) groups is 2. The Bertz CT molecular complexity index is 1020. The Morgan fingerprint density at radius 2 is 2.00 bits per heavy atom. The van der Waals surface area contributed by atoms with Gasteiger partial charge in [-0.05, 0) is 12.1 Å². The van der Waals surface area contributed by atoms with E-state index < -0.39 is 17.3 Å². The van der Waals surface area contributed by atoms with Crippen LogP contribution in [0, 0.1) is 0 Å². The van der Waals surface area contributed by atoms with E-state index in [1.807, 2.05) is 24.3 Å². The maximum Gasteiger partial charge on any atom is 0.279 e. The highest BCUT2D eigenvalue weighted by Gasteiger charge is 2.14. The molecule has 0 aliphatic heterocycles. The molecule has 3 rings (SSSR count). The number of para-hydroxylation sites is 1. The first-order valence-electron chi connectivity index (χ1n) is 7.31. The van der Waals surface area contributed by atoms with Gasteiger partial charge in [0, 0.05) is 6.92 Å². The maximum absolute atomic E-state index is 12.0. The first-order valence-corrected chi connectivity index (χ1v) is 9.11. The zero-order valence-electron chi connectivity index (χ0n) is 13.8. The van der Waals surface area contributed by atoms with Crippen LogP contribution in [0.3, 0.4) is 0 Å². The molecule has 2 amide bonds. The van der Waals surface area contributed by atoms with Crippen molar-refractivity contribution in [3.05, 3.63) is 34.6 Å². The summed E-state index contributed by atoms with van der Waals surface area (Å²) in [4.78, 5) is 45.3.